The molecule has 2 nitrogen and oxygen atoms in total. The van der Waals surface area contributed by atoms with Crippen LogP contribution in [0.2, 0.25) is 0 Å². The predicted octanol–water partition coefficient (Wildman–Crippen LogP) is 8.64. The Morgan fingerprint density at radius 1 is 0.361 bits per heavy atom. The van der Waals surface area contributed by atoms with Crippen LogP contribution in [0.5, 0.6) is 11.5 Å². The molecule has 0 saturated heterocycles. The van der Waals surface area contributed by atoms with Crippen LogP contribution in [0.3, 0.4) is 0 Å². The van der Waals surface area contributed by atoms with Gasteiger partial charge < -0.3 is 9.64 Å². The summed E-state index contributed by atoms with van der Waals surface area (Å²) in [6.07, 6.45) is 0. The first-order valence-corrected chi connectivity index (χ1v) is 25.3. The van der Waals surface area contributed by atoms with Gasteiger partial charge in [-0.05, 0) is 100 Å². The van der Waals surface area contributed by atoms with E-state index in [-0.39, 0.29) is 5.41 Å². The summed E-state index contributed by atoms with van der Waals surface area (Å²) in [5.74, 6) is 1.91. The Bertz CT molecular complexity index is 3020. The van der Waals surface area contributed by atoms with Crippen LogP contribution in [0.15, 0.2) is 224 Å². The van der Waals surface area contributed by atoms with Gasteiger partial charge in [0.1, 0.15) is 11.5 Å². The van der Waals surface area contributed by atoms with Crippen LogP contribution in [-0.2, 0) is 5.41 Å². The van der Waals surface area contributed by atoms with Crippen molar-refractivity contribution in [1.29, 1.82) is 0 Å². The van der Waals surface area contributed by atoms with Crippen LogP contribution in [0.4, 0.5) is 17.1 Å². The van der Waals surface area contributed by atoms with Crippen molar-refractivity contribution in [2.24, 2.45) is 0 Å². The topological polar surface area (TPSA) is 12.5 Å². The molecule has 290 valence electrons. The predicted molar refractivity (Wildman–Crippen MR) is 260 cm³/mol. The first-order valence-electron chi connectivity index (χ1n) is 21.3. The third kappa shape index (κ3) is 4.95. The van der Waals surface area contributed by atoms with E-state index in [1.165, 1.54) is 75.1 Å². The highest BCUT2D eigenvalue weighted by molar-refractivity contribution is 7.33. The molecule has 9 aromatic rings. The lowest BCUT2D eigenvalue weighted by Gasteiger charge is -2.50. The van der Waals surface area contributed by atoms with Crippen molar-refractivity contribution in [2.75, 3.05) is 4.90 Å². The number of anilines is 3. The average molecular weight is 814 g/mol. The van der Waals surface area contributed by atoms with E-state index in [2.05, 4.69) is 243 Å². The van der Waals surface area contributed by atoms with Gasteiger partial charge in [0, 0.05) is 11.1 Å². The highest BCUT2D eigenvalue weighted by Crippen LogP contribution is 2.51. The molecule has 3 aliphatic heterocycles. The van der Waals surface area contributed by atoms with Gasteiger partial charge in [0.25, 0.3) is 0 Å². The number of rotatable bonds is 4. The Hall–Kier alpha value is -6.99. The van der Waals surface area contributed by atoms with Crippen LogP contribution in [0.25, 0.3) is 11.1 Å². The third-order valence-corrected chi connectivity index (χ3v) is 24.2. The Morgan fingerprint density at radius 2 is 0.787 bits per heavy atom. The number of fused-ring (bicyclic) bond motifs is 10. The molecule has 0 fully saturated rings. The standard InChI is InChI=1S/C57H43NOSi2/c1-57(2)45-23-9-11-25-47(45)58(48-26-12-10-24-46(48)57)42-36-33-40(34-37-42)41-35-38-50-56(39-41)61(51-28-14-13-27-49(51)59-50)54-31-17-15-29-52(54)60(43-19-5-3-6-20-43,44-21-7-4-8-22-44)53-30-16-18-32-55(53)61/h3-39H,1-2H3. The zero-order valence-corrected chi connectivity index (χ0v) is 36.2. The van der Waals surface area contributed by atoms with E-state index in [0.29, 0.717) is 0 Å². The van der Waals surface area contributed by atoms with Crippen LogP contribution < -0.4 is 51.1 Å². The molecule has 1 spiro atoms. The first-order chi connectivity index (χ1) is 30.0. The zero-order chi connectivity index (χ0) is 40.8. The fourth-order valence-corrected chi connectivity index (χ4v) is 23.6. The van der Waals surface area contributed by atoms with Crippen LogP contribution >= 0.6 is 0 Å². The molecule has 0 aromatic heterocycles. The molecule has 0 unspecified atom stereocenters. The number of hydrogen-bond acceptors (Lipinski definition) is 2. The first kappa shape index (κ1) is 35.9. The summed E-state index contributed by atoms with van der Waals surface area (Å²) in [5, 5.41) is 11.3. The molecule has 0 bridgehead atoms. The largest absolute Gasteiger partial charge is 0.458 e. The molecular formula is C57H43NOSi2. The number of hydrogen-bond donors (Lipinski definition) is 0. The second-order valence-corrected chi connectivity index (χ2v) is 24.6. The van der Waals surface area contributed by atoms with Crippen molar-refractivity contribution in [3.8, 4) is 22.6 Å². The van der Waals surface area contributed by atoms with Gasteiger partial charge in [0.15, 0.2) is 16.1 Å². The maximum Gasteiger partial charge on any atom is 0.188 e. The van der Waals surface area contributed by atoms with Gasteiger partial charge in [-0.2, -0.15) is 0 Å². The molecule has 3 heterocycles. The van der Waals surface area contributed by atoms with Crippen molar-refractivity contribution in [1.82, 2.24) is 0 Å². The van der Waals surface area contributed by atoms with Crippen LogP contribution in [0.1, 0.15) is 25.0 Å². The molecule has 0 atom stereocenters. The molecule has 0 aliphatic carbocycles. The SMILES string of the molecule is CC1(C)c2ccccc2N(c2ccc(-c3ccc4c(c3)[Si]3(c5ccccc5O4)c4ccccc4[Si](c4ccccc4)(c4ccccc4)c4ccccc43)cc2)c2ccccc21. The minimum absolute atomic E-state index is 0.103. The van der Waals surface area contributed by atoms with Gasteiger partial charge in [-0.1, -0.05) is 202 Å². The van der Waals surface area contributed by atoms with Crippen molar-refractivity contribution >= 4 is 74.7 Å². The molecule has 3 aliphatic rings. The average Bonchev–Trinajstić information content (AvgIpc) is 3.32. The number of ether oxygens (including phenoxy) is 1. The molecular weight excluding hydrogens is 771 g/mol. The maximum absolute atomic E-state index is 6.97. The van der Waals surface area contributed by atoms with Crippen LogP contribution in [0, 0.1) is 0 Å². The van der Waals surface area contributed by atoms with Crippen LogP contribution in [-0.4, -0.2) is 16.1 Å². The summed E-state index contributed by atoms with van der Waals surface area (Å²) >= 11 is 0. The van der Waals surface area contributed by atoms with Crippen molar-refractivity contribution in [2.45, 2.75) is 19.3 Å². The molecule has 12 rings (SSSR count). The van der Waals surface area contributed by atoms with Gasteiger partial charge in [-0.15, -0.1) is 0 Å². The summed E-state index contributed by atoms with van der Waals surface area (Å²) in [5.41, 5.74) is 8.56. The summed E-state index contributed by atoms with van der Waals surface area (Å²) in [4.78, 5) is 2.44. The van der Waals surface area contributed by atoms with Crippen molar-refractivity contribution in [3.63, 3.8) is 0 Å². The van der Waals surface area contributed by atoms with Crippen molar-refractivity contribution in [3.05, 3.63) is 236 Å². The van der Waals surface area contributed by atoms with E-state index in [1.807, 2.05) is 0 Å². The fraction of sp³-hybridized carbons (Fsp3) is 0.0526. The molecule has 4 heteroatoms. The second kappa shape index (κ2) is 13.5. The summed E-state index contributed by atoms with van der Waals surface area (Å²) in [6.45, 7) is 4.68. The number of nitrogens with zero attached hydrogens (tertiary/aromatic N) is 1. The summed E-state index contributed by atoms with van der Waals surface area (Å²) in [7, 11) is -5.80. The Morgan fingerprint density at radius 3 is 1.34 bits per heavy atom. The number of para-hydroxylation sites is 3. The maximum atomic E-state index is 6.97. The van der Waals surface area contributed by atoms with E-state index in [4.69, 9.17) is 4.74 Å². The van der Waals surface area contributed by atoms with E-state index in [0.717, 1.165) is 17.2 Å². The quantitative estimate of drug-likeness (QED) is 0.165. The molecule has 9 aromatic carbocycles. The summed E-state index contributed by atoms with van der Waals surface area (Å²) < 4.78 is 6.97. The minimum atomic E-state index is -3.00. The van der Waals surface area contributed by atoms with E-state index in [9.17, 15) is 0 Å². The van der Waals surface area contributed by atoms with E-state index >= 15 is 0 Å². The van der Waals surface area contributed by atoms with Gasteiger partial charge in [-0.3, -0.25) is 0 Å². The van der Waals surface area contributed by atoms with Gasteiger partial charge >= 0.3 is 0 Å². The Balaban J connectivity index is 1.08. The molecule has 0 N–H and O–H groups in total. The lowest BCUT2D eigenvalue weighted by molar-refractivity contribution is 0.487. The number of benzene rings is 9. The lowest BCUT2D eigenvalue weighted by atomic mass is 9.73. The smallest absolute Gasteiger partial charge is 0.188 e. The lowest BCUT2D eigenvalue weighted by Crippen LogP contribution is -2.93. The van der Waals surface area contributed by atoms with E-state index in [1.54, 1.807) is 0 Å². The fourth-order valence-electron chi connectivity index (χ4n) is 11.3. The van der Waals surface area contributed by atoms with Gasteiger partial charge in [0.2, 0.25) is 0 Å². The molecule has 0 amide bonds. The second-order valence-electron chi connectivity index (χ2n) is 17.2. The third-order valence-electron chi connectivity index (χ3n) is 13.9. The van der Waals surface area contributed by atoms with Gasteiger partial charge in [-0.25, -0.2) is 0 Å². The van der Waals surface area contributed by atoms with Crippen molar-refractivity contribution < 1.29 is 4.74 Å². The van der Waals surface area contributed by atoms with Gasteiger partial charge in [0.05, 0.1) is 11.4 Å². The highest BCUT2D eigenvalue weighted by Gasteiger charge is 2.59. The normalized spacial score (nSPS) is 15.5. The zero-order valence-electron chi connectivity index (χ0n) is 34.2. The Kier molecular flexibility index (Phi) is 7.96. The minimum Gasteiger partial charge on any atom is -0.458 e. The molecule has 0 radical (unpaired) electrons. The Labute approximate surface area is 360 Å². The molecule has 0 saturated carbocycles. The summed E-state index contributed by atoms with van der Waals surface area (Å²) in [6, 6.07) is 84.4. The molecule has 61 heavy (non-hydrogen) atoms. The van der Waals surface area contributed by atoms with E-state index < -0.39 is 16.1 Å². The monoisotopic (exact) mass is 813 g/mol. The highest BCUT2D eigenvalue weighted by atomic mass is 28.3.